The van der Waals surface area contributed by atoms with E-state index in [1.165, 1.54) is 0 Å². The van der Waals surface area contributed by atoms with Crippen LogP contribution >= 0.6 is 0 Å². The van der Waals surface area contributed by atoms with E-state index in [4.69, 9.17) is 21.2 Å². The number of rotatable bonds is 3. The Labute approximate surface area is 177 Å². The summed E-state index contributed by atoms with van der Waals surface area (Å²) < 4.78 is 5.33. The number of H-pyrrole nitrogens is 1. The molecule has 0 bridgehead atoms. The third-order valence-corrected chi connectivity index (χ3v) is 5.57. The summed E-state index contributed by atoms with van der Waals surface area (Å²) in [6, 6.07) is 14.4. The largest absolute Gasteiger partial charge is 0.399 e. The van der Waals surface area contributed by atoms with Crippen LogP contribution in [0.2, 0.25) is 0 Å². The number of hydrogen-bond donors (Lipinski definition) is 3. The van der Waals surface area contributed by atoms with Crippen LogP contribution in [0.25, 0.3) is 33.2 Å². The third kappa shape index (κ3) is 3.36. The zero-order chi connectivity index (χ0) is 21.5. The second kappa shape index (κ2) is 7.41. The van der Waals surface area contributed by atoms with Crippen molar-refractivity contribution in [1.29, 1.82) is 0 Å². The highest BCUT2D eigenvalue weighted by molar-refractivity contribution is 6.14. The minimum absolute atomic E-state index is 0.0468. The van der Waals surface area contributed by atoms with Gasteiger partial charge in [-0.05, 0) is 36.4 Å². The van der Waals surface area contributed by atoms with Gasteiger partial charge in [0.25, 0.3) is 11.8 Å². The number of fused-ring (bicyclic) bond motifs is 3. The van der Waals surface area contributed by atoms with E-state index in [2.05, 4.69) is 4.98 Å². The number of morpholine rings is 1. The zero-order valence-corrected chi connectivity index (χ0v) is 16.7. The summed E-state index contributed by atoms with van der Waals surface area (Å²) in [5.74, 6) is -0.602. The van der Waals surface area contributed by atoms with E-state index >= 15 is 0 Å². The number of amides is 2. The third-order valence-electron chi connectivity index (χ3n) is 5.57. The number of carbonyl (C=O) groups is 2. The average molecular weight is 415 g/mol. The van der Waals surface area contributed by atoms with E-state index in [1.807, 2.05) is 18.2 Å². The van der Waals surface area contributed by atoms with Crippen molar-refractivity contribution in [2.24, 2.45) is 5.73 Å². The van der Waals surface area contributed by atoms with Crippen molar-refractivity contribution in [3.8, 4) is 11.3 Å². The maximum Gasteiger partial charge on any atom is 0.254 e. The lowest BCUT2D eigenvalue weighted by molar-refractivity contribution is 0.0303. The van der Waals surface area contributed by atoms with E-state index in [0.29, 0.717) is 59.8 Å². The van der Waals surface area contributed by atoms with Crippen LogP contribution in [-0.4, -0.2) is 53.0 Å². The van der Waals surface area contributed by atoms with E-state index in [1.54, 1.807) is 35.2 Å². The number of anilines is 1. The lowest BCUT2D eigenvalue weighted by atomic mass is 10.1. The van der Waals surface area contributed by atoms with Gasteiger partial charge in [-0.2, -0.15) is 0 Å². The van der Waals surface area contributed by atoms with Gasteiger partial charge in [-0.1, -0.05) is 12.1 Å². The van der Waals surface area contributed by atoms with Crippen LogP contribution in [0.1, 0.15) is 20.7 Å². The van der Waals surface area contributed by atoms with Gasteiger partial charge in [-0.3, -0.25) is 9.59 Å². The fraction of sp³-hybridized carbons (Fsp3) is 0.174. The summed E-state index contributed by atoms with van der Waals surface area (Å²) in [4.78, 5) is 34.8. The molecule has 3 heterocycles. The number of pyridine rings is 1. The van der Waals surface area contributed by atoms with Crippen LogP contribution in [0.5, 0.6) is 0 Å². The molecule has 8 heteroatoms. The Kier molecular flexibility index (Phi) is 4.56. The fourth-order valence-electron chi connectivity index (χ4n) is 3.93. The Morgan fingerprint density at radius 3 is 2.48 bits per heavy atom. The van der Waals surface area contributed by atoms with E-state index in [0.717, 1.165) is 16.5 Å². The molecule has 2 amide bonds. The maximum absolute atomic E-state index is 12.9. The van der Waals surface area contributed by atoms with Gasteiger partial charge in [0, 0.05) is 40.8 Å². The summed E-state index contributed by atoms with van der Waals surface area (Å²) in [6.07, 6.45) is 0. The summed E-state index contributed by atoms with van der Waals surface area (Å²) in [5, 5.41) is 0.813. The van der Waals surface area contributed by atoms with Crippen molar-refractivity contribution in [2.45, 2.75) is 0 Å². The highest BCUT2D eigenvalue weighted by Crippen LogP contribution is 2.31. The van der Waals surface area contributed by atoms with Gasteiger partial charge in [0.2, 0.25) is 0 Å². The molecule has 0 unspecified atom stereocenters. The topological polar surface area (TPSA) is 127 Å². The van der Waals surface area contributed by atoms with Crippen molar-refractivity contribution >= 4 is 39.4 Å². The van der Waals surface area contributed by atoms with Gasteiger partial charge >= 0.3 is 0 Å². The molecule has 1 fully saturated rings. The molecule has 156 valence electrons. The number of primary amides is 1. The summed E-state index contributed by atoms with van der Waals surface area (Å²) in [7, 11) is 0. The van der Waals surface area contributed by atoms with Crippen molar-refractivity contribution < 1.29 is 14.3 Å². The van der Waals surface area contributed by atoms with Crippen molar-refractivity contribution in [2.75, 3.05) is 32.0 Å². The van der Waals surface area contributed by atoms with Gasteiger partial charge in [0.1, 0.15) is 0 Å². The predicted molar refractivity (Wildman–Crippen MR) is 119 cm³/mol. The second-order valence-corrected chi connectivity index (χ2v) is 7.55. The second-order valence-electron chi connectivity index (χ2n) is 7.55. The Hall–Kier alpha value is -3.91. The Balaban J connectivity index is 1.64. The quantitative estimate of drug-likeness (QED) is 0.443. The van der Waals surface area contributed by atoms with Crippen molar-refractivity contribution in [3.05, 3.63) is 59.7 Å². The van der Waals surface area contributed by atoms with E-state index < -0.39 is 5.91 Å². The smallest absolute Gasteiger partial charge is 0.254 e. The number of carbonyl (C=O) groups excluding carboxylic acids is 2. The first kappa shape index (κ1) is 19.1. The number of aromatic amines is 1. The molecule has 2 aromatic carbocycles. The predicted octanol–water partition coefficient (Wildman–Crippen LogP) is 2.54. The molecule has 0 spiro atoms. The van der Waals surface area contributed by atoms with Crippen LogP contribution in [0.4, 0.5) is 5.69 Å². The van der Waals surface area contributed by atoms with Crippen LogP contribution < -0.4 is 11.5 Å². The summed E-state index contributed by atoms with van der Waals surface area (Å²) >= 11 is 0. The molecular weight excluding hydrogens is 394 g/mol. The Bertz CT molecular complexity index is 1320. The van der Waals surface area contributed by atoms with Gasteiger partial charge in [-0.15, -0.1) is 0 Å². The van der Waals surface area contributed by atoms with E-state index in [9.17, 15) is 9.59 Å². The number of benzene rings is 2. The lowest BCUT2D eigenvalue weighted by Gasteiger charge is -2.26. The molecule has 0 radical (unpaired) electrons. The van der Waals surface area contributed by atoms with Gasteiger partial charge < -0.3 is 26.1 Å². The number of aromatic nitrogens is 2. The molecule has 8 nitrogen and oxygen atoms in total. The number of ether oxygens (including phenoxy) is 1. The molecule has 5 rings (SSSR count). The number of hydrogen-bond acceptors (Lipinski definition) is 5. The summed E-state index contributed by atoms with van der Waals surface area (Å²) in [5.41, 5.74) is 16.4. The van der Waals surface area contributed by atoms with Gasteiger partial charge in [0.05, 0.1) is 35.5 Å². The van der Waals surface area contributed by atoms with Gasteiger partial charge in [-0.25, -0.2) is 4.98 Å². The SMILES string of the molecule is NC(=O)c1cc(-c2ccc(N)cc2)nc2c1[nH]c1cc(C(=O)N3CCOCC3)ccc12. The van der Waals surface area contributed by atoms with Crippen molar-refractivity contribution in [3.63, 3.8) is 0 Å². The zero-order valence-electron chi connectivity index (χ0n) is 16.7. The monoisotopic (exact) mass is 415 g/mol. The highest BCUT2D eigenvalue weighted by Gasteiger charge is 2.21. The normalized spacial score (nSPS) is 14.3. The van der Waals surface area contributed by atoms with Crippen LogP contribution in [0.3, 0.4) is 0 Å². The molecule has 31 heavy (non-hydrogen) atoms. The van der Waals surface area contributed by atoms with E-state index in [-0.39, 0.29) is 5.91 Å². The van der Waals surface area contributed by atoms with Crippen molar-refractivity contribution in [1.82, 2.24) is 14.9 Å². The fourth-order valence-corrected chi connectivity index (χ4v) is 3.93. The minimum Gasteiger partial charge on any atom is -0.399 e. The summed E-state index contributed by atoms with van der Waals surface area (Å²) in [6.45, 7) is 2.23. The maximum atomic E-state index is 12.9. The molecule has 2 aromatic heterocycles. The molecule has 0 saturated carbocycles. The molecule has 4 aromatic rings. The Morgan fingerprint density at radius 2 is 1.77 bits per heavy atom. The molecule has 5 N–H and O–H groups in total. The van der Waals surface area contributed by atoms with Crippen LogP contribution in [-0.2, 0) is 4.74 Å². The molecule has 0 atom stereocenters. The molecule has 1 aliphatic rings. The minimum atomic E-state index is -0.555. The van der Waals surface area contributed by atoms with Crippen LogP contribution in [0.15, 0.2) is 48.5 Å². The highest BCUT2D eigenvalue weighted by atomic mass is 16.5. The molecular formula is C23H21N5O3. The Morgan fingerprint density at radius 1 is 1.03 bits per heavy atom. The lowest BCUT2D eigenvalue weighted by Crippen LogP contribution is -2.40. The first-order valence-corrected chi connectivity index (χ1v) is 10.0. The first-order chi connectivity index (χ1) is 15.0. The first-order valence-electron chi connectivity index (χ1n) is 10.0. The number of nitrogens with zero attached hydrogens (tertiary/aromatic N) is 2. The molecule has 1 saturated heterocycles. The molecule has 0 aliphatic carbocycles. The van der Waals surface area contributed by atoms with Crippen LogP contribution in [0, 0.1) is 0 Å². The standard InChI is InChI=1S/C23H21N5O3/c24-15-4-1-13(2-5-15)18-12-17(22(25)29)21-20(26-18)16-6-3-14(11-19(16)27-21)23(30)28-7-9-31-10-8-28/h1-6,11-12,27H,7-10,24H2,(H2,25,29). The van der Waals surface area contributed by atoms with Gasteiger partial charge in [0.15, 0.2) is 0 Å². The number of nitrogens with two attached hydrogens (primary N) is 2. The number of nitrogen functional groups attached to an aromatic ring is 1. The average Bonchev–Trinajstić information content (AvgIpc) is 3.16. The molecule has 1 aliphatic heterocycles. The number of nitrogens with one attached hydrogen (secondary N) is 1.